The Morgan fingerprint density at radius 2 is 2.12 bits per heavy atom. The van der Waals surface area contributed by atoms with Gasteiger partial charge < -0.3 is 14.6 Å². The van der Waals surface area contributed by atoms with E-state index in [1.54, 1.807) is 11.0 Å². The second-order valence-electron chi connectivity index (χ2n) is 6.00. The van der Waals surface area contributed by atoms with E-state index in [1.807, 2.05) is 24.3 Å². The zero-order valence-electron chi connectivity index (χ0n) is 13.2. The van der Waals surface area contributed by atoms with Gasteiger partial charge in [-0.1, -0.05) is 28.1 Å². The van der Waals surface area contributed by atoms with E-state index in [2.05, 4.69) is 25.9 Å². The van der Waals surface area contributed by atoms with Crippen molar-refractivity contribution >= 4 is 32.9 Å². The first-order valence-corrected chi connectivity index (χ1v) is 8.70. The van der Waals surface area contributed by atoms with E-state index >= 15 is 0 Å². The molecular weight excluding hydrogens is 389 g/mol. The lowest BCUT2D eigenvalue weighted by molar-refractivity contribution is -0.138. The van der Waals surface area contributed by atoms with Crippen LogP contribution < -0.4 is 4.74 Å². The topological polar surface area (TPSA) is 58.2 Å². The summed E-state index contributed by atoms with van der Waals surface area (Å²) in [6.07, 6.45) is 0. The Bertz CT molecular complexity index is 904. The van der Waals surface area contributed by atoms with Gasteiger partial charge in [-0.3, -0.25) is 4.79 Å². The molecule has 5 nitrogen and oxygen atoms in total. The Hall–Kier alpha value is -2.41. The standard InChI is InChI=1S/C18H15BrFN3O2/c19-12-5-6-16(13(20)7-12)25-10-17(24)23-8-11(9-23)18-21-14-3-1-2-4-15(14)22-18/h1-7,11H,8-10H2,(H,21,22). The Morgan fingerprint density at radius 1 is 1.32 bits per heavy atom. The summed E-state index contributed by atoms with van der Waals surface area (Å²) in [4.78, 5) is 21.7. The second-order valence-corrected chi connectivity index (χ2v) is 6.91. The second kappa shape index (κ2) is 6.48. The third-order valence-corrected chi connectivity index (χ3v) is 4.77. The molecule has 1 amide bonds. The van der Waals surface area contributed by atoms with Crippen LogP contribution >= 0.6 is 15.9 Å². The number of hydrogen-bond donors (Lipinski definition) is 1. The van der Waals surface area contributed by atoms with E-state index < -0.39 is 5.82 Å². The number of nitrogens with one attached hydrogen (secondary N) is 1. The number of para-hydroxylation sites is 2. The highest BCUT2D eigenvalue weighted by Gasteiger charge is 2.33. The van der Waals surface area contributed by atoms with E-state index in [1.165, 1.54) is 12.1 Å². The van der Waals surface area contributed by atoms with Crippen molar-refractivity contribution in [3.05, 3.63) is 58.6 Å². The molecule has 0 spiro atoms. The monoisotopic (exact) mass is 403 g/mol. The van der Waals surface area contributed by atoms with Gasteiger partial charge in [0, 0.05) is 17.6 Å². The molecule has 1 N–H and O–H groups in total. The van der Waals surface area contributed by atoms with Gasteiger partial charge in [-0.2, -0.15) is 0 Å². The smallest absolute Gasteiger partial charge is 0.260 e. The molecule has 0 bridgehead atoms. The summed E-state index contributed by atoms with van der Waals surface area (Å²) < 4.78 is 19.6. The maximum atomic E-state index is 13.7. The van der Waals surface area contributed by atoms with Crippen LogP contribution in [0.15, 0.2) is 46.9 Å². The van der Waals surface area contributed by atoms with E-state index in [4.69, 9.17) is 4.74 Å². The summed E-state index contributed by atoms with van der Waals surface area (Å²) in [5.74, 6) is 0.511. The molecule has 0 radical (unpaired) electrons. The molecular formula is C18H15BrFN3O2. The number of carbonyl (C=O) groups excluding carboxylic acids is 1. The van der Waals surface area contributed by atoms with Gasteiger partial charge in [-0.15, -0.1) is 0 Å². The number of rotatable bonds is 4. The third kappa shape index (κ3) is 3.24. The highest BCUT2D eigenvalue weighted by molar-refractivity contribution is 9.10. The number of benzene rings is 2. The molecule has 1 fully saturated rings. The van der Waals surface area contributed by atoms with Crippen molar-refractivity contribution in [1.82, 2.24) is 14.9 Å². The van der Waals surface area contributed by atoms with Crippen LogP contribution in [0.3, 0.4) is 0 Å². The molecule has 4 rings (SSSR count). The largest absolute Gasteiger partial charge is 0.481 e. The van der Waals surface area contributed by atoms with Gasteiger partial charge in [-0.05, 0) is 30.3 Å². The van der Waals surface area contributed by atoms with Crippen molar-refractivity contribution in [3.63, 3.8) is 0 Å². The Kier molecular flexibility index (Phi) is 4.17. The maximum absolute atomic E-state index is 13.7. The van der Waals surface area contributed by atoms with E-state index in [0.717, 1.165) is 16.9 Å². The number of halogens is 2. The minimum absolute atomic E-state index is 0.0749. The summed E-state index contributed by atoms with van der Waals surface area (Å²) >= 11 is 3.18. The molecule has 25 heavy (non-hydrogen) atoms. The van der Waals surface area contributed by atoms with Crippen molar-refractivity contribution in [2.75, 3.05) is 19.7 Å². The normalized spacial score (nSPS) is 14.6. The van der Waals surface area contributed by atoms with Gasteiger partial charge >= 0.3 is 0 Å². The minimum atomic E-state index is -0.495. The van der Waals surface area contributed by atoms with Gasteiger partial charge in [0.15, 0.2) is 18.2 Å². The lowest BCUT2D eigenvalue weighted by Gasteiger charge is -2.38. The quantitative estimate of drug-likeness (QED) is 0.725. The predicted molar refractivity (Wildman–Crippen MR) is 95.0 cm³/mol. The van der Waals surface area contributed by atoms with Crippen LogP contribution in [0.4, 0.5) is 4.39 Å². The van der Waals surface area contributed by atoms with Crippen LogP contribution in [-0.2, 0) is 4.79 Å². The van der Waals surface area contributed by atoms with Crippen LogP contribution in [0.5, 0.6) is 5.75 Å². The Labute approximate surface area is 151 Å². The fourth-order valence-corrected chi connectivity index (χ4v) is 3.18. The van der Waals surface area contributed by atoms with Gasteiger partial charge in [0.05, 0.1) is 17.0 Å². The summed E-state index contributed by atoms with van der Waals surface area (Å²) in [6.45, 7) is 1.00. The van der Waals surface area contributed by atoms with Crippen LogP contribution in [0.2, 0.25) is 0 Å². The number of fused-ring (bicyclic) bond motifs is 1. The van der Waals surface area contributed by atoms with Crippen LogP contribution in [0.25, 0.3) is 11.0 Å². The van der Waals surface area contributed by atoms with E-state index in [-0.39, 0.29) is 24.2 Å². The molecule has 7 heteroatoms. The zero-order valence-corrected chi connectivity index (χ0v) is 14.8. The maximum Gasteiger partial charge on any atom is 0.260 e. The lowest BCUT2D eigenvalue weighted by Crippen LogP contribution is -2.50. The number of likely N-dealkylation sites (tertiary alicyclic amines) is 1. The highest BCUT2D eigenvalue weighted by Crippen LogP contribution is 2.27. The minimum Gasteiger partial charge on any atom is -0.481 e. The number of H-pyrrole nitrogens is 1. The number of imidazole rings is 1. The number of aromatic nitrogens is 2. The molecule has 0 saturated carbocycles. The van der Waals surface area contributed by atoms with Crippen molar-refractivity contribution in [1.29, 1.82) is 0 Å². The summed E-state index contributed by atoms with van der Waals surface area (Å²) in [5, 5.41) is 0. The van der Waals surface area contributed by atoms with Crippen molar-refractivity contribution < 1.29 is 13.9 Å². The predicted octanol–water partition coefficient (Wildman–Crippen LogP) is 3.47. The number of nitrogens with zero attached hydrogens (tertiary/aromatic N) is 2. The number of ether oxygens (including phenoxy) is 1. The Morgan fingerprint density at radius 3 is 2.88 bits per heavy atom. The average Bonchev–Trinajstić information content (AvgIpc) is 2.96. The molecule has 128 valence electrons. The molecule has 1 aromatic heterocycles. The molecule has 2 heterocycles. The molecule has 2 aromatic carbocycles. The van der Waals surface area contributed by atoms with E-state index in [9.17, 15) is 9.18 Å². The lowest BCUT2D eigenvalue weighted by atomic mass is 9.99. The molecule has 0 unspecified atom stereocenters. The fraction of sp³-hybridized carbons (Fsp3) is 0.222. The Balaban J connectivity index is 1.33. The first-order chi connectivity index (χ1) is 12.1. The van der Waals surface area contributed by atoms with Crippen LogP contribution in [0, 0.1) is 5.82 Å². The summed E-state index contributed by atoms with van der Waals surface area (Å²) in [6, 6.07) is 12.3. The van der Waals surface area contributed by atoms with E-state index in [0.29, 0.717) is 17.6 Å². The number of carbonyl (C=O) groups is 1. The molecule has 0 aliphatic carbocycles. The van der Waals surface area contributed by atoms with Gasteiger partial charge in [0.2, 0.25) is 0 Å². The van der Waals surface area contributed by atoms with Crippen LogP contribution in [0.1, 0.15) is 11.7 Å². The molecule has 3 aromatic rings. The first kappa shape index (κ1) is 16.1. The molecule has 1 aliphatic heterocycles. The number of hydrogen-bond acceptors (Lipinski definition) is 3. The molecule has 0 atom stereocenters. The first-order valence-electron chi connectivity index (χ1n) is 7.90. The zero-order chi connectivity index (χ0) is 17.4. The van der Waals surface area contributed by atoms with Crippen molar-refractivity contribution in [3.8, 4) is 5.75 Å². The molecule has 1 saturated heterocycles. The number of amides is 1. The average molecular weight is 404 g/mol. The van der Waals surface area contributed by atoms with Gasteiger partial charge in [0.1, 0.15) is 5.82 Å². The summed E-state index contributed by atoms with van der Waals surface area (Å²) in [7, 11) is 0. The number of aromatic amines is 1. The van der Waals surface area contributed by atoms with Crippen LogP contribution in [-0.4, -0.2) is 40.5 Å². The highest BCUT2D eigenvalue weighted by atomic mass is 79.9. The molecule has 1 aliphatic rings. The van der Waals surface area contributed by atoms with Gasteiger partial charge in [-0.25, -0.2) is 9.37 Å². The fourth-order valence-electron chi connectivity index (χ4n) is 2.84. The third-order valence-electron chi connectivity index (χ3n) is 4.27. The van der Waals surface area contributed by atoms with Gasteiger partial charge in [0.25, 0.3) is 5.91 Å². The van der Waals surface area contributed by atoms with Crippen molar-refractivity contribution in [2.45, 2.75) is 5.92 Å². The van der Waals surface area contributed by atoms with Crippen molar-refractivity contribution in [2.24, 2.45) is 0 Å². The SMILES string of the molecule is O=C(COc1ccc(Br)cc1F)N1CC(c2nc3ccccc3[nH]2)C1. The summed E-state index contributed by atoms with van der Waals surface area (Å²) in [5.41, 5.74) is 1.92.